The molecule has 1 atom stereocenters. The molecule has 0 aromatic carbocycles. The van der Waals surface area contributed by atoms with Crippen molar-refractivity contribution in [1.29, 1.82) is 0 Å². The van der Waals surface area contributed by atoms with E-state index in [0.717, 1.165) is 0 Å². The van der Waals surface area contributed by atoms with E-state index in [1.54, 1.807) is 4.88 Å². The van der Waals surface area contributed by atoms with Crippen molar-refractivity contribution >= 4 is 11.3 Å². The molecule has 0 fully saturated rings. The monoisotopic (exact) mass is 308 g/mol. The Morgan fingerprint density at radius 1 is 0.810 bits per heavy atom. The second kappa shape index (κ2) is 10.4. The number of rotatable bonds is 12. The Bertz CT molecular complexity index is 366. The summed E-state index contributed by atoms with van der Waals surface area (Å²) in [6.07, 6.45) is 15.3. The summed E-state index contributed by atoms with van der Waals surface area (Å²) in [7, 11) is 0. The maximum atomic E-state index is 2.52. The third kappa shape index (κ3) is 7.00. The predicted molar refractivity (Wildman–Crippen MR) is 98.5 cm³/mol. The molecule has 122 valence electrons. The minimum absolute atomic E-state index is 0.429. The Morgan fingerprint density at radius 2 is 1.33 bits per heavy atom. The maximum absolute atomic E-state index is 2.52. The Labute approximate surface area is 137 Å². The highest BCUT2D eigenvalue weighted by Crippen LogP contribution is 2.39. The third-order valence-electron chi connectivity index (χ3n) is 4.75. The van der Waals surface area contributed by atoms with Gasteiger partial charge in [-0.05, 0) is 31.9 Å². The lowest BCUT2D eigenvalue weighted by molar-refractivity contribution is 0.369. The first-order chi connectivity index (χ1) is 10.1. The summed E-state index contributed by atoms with van der Waals surface area (Å²) in [5.74, 6) is 0. The minimum atomic E-state index is 0.429. The van der Waals surface area contributed by atoms with Crippen LogP contribution in [0.1, 0.15) is 101 Å². The Kier molecular flexibility index (Phi) is 9.31. The highest BCUT2D eigenvalue weighted by Gasteiger charge is 2.27. The lowest BCUT2D eigenvalue weighted by atomic mass is 9.78. The van der Waals surface area contributed by atoms with Crippen LogP contribution in [0.15, 0.2) is 12.1 Å². The van der Waals surface area contributed by atoms with Crippen molar-refractivity contribution in [2.75, 3.05) is 0 Å². The molecule has 0 spiro atoms. The first kappa shape index (κ1) is 18.7. The van der Waals surface area contributed by atoms with Gasteiger partial charge < -0.3 is 0 Å². The molecule has 0 bridgehead atoms. The minimum Gasteiger partial charge on any atom is -0.145 e. The highest BCUT2D eigenvalue weighted by molar-refractivity contribution is 7.12. The first-order valence-corrected chi connectivity index (χ1v) is 10.0. The number of aryl methyl sites for hydroxylation is 1. The number of unbranched alkanes of at least 4 members (excludes halogenated alkanes) is 7. The van der Waals surface area contributed by atoms with Crippen LogP contribution in [0.4, 0.5) is 0 Å². The first-order valence-electron chi connectivity index (χ1n) is 9.19. The van der Waals surface area contributed by atoms with Crippen LogP contribution in [-0.2, 0) is 5.41 Å². The van der Waals surface area contributed by atoms with Gasteiger partial charge in [0.15, 0.2) is 0 Å². The van der Waals surface area contributed by atoms with E-state index in [0.29, 0.717) is 5.41 Å². The largest absolute Gasteiger partial charge is 0.145 e. The van der Waals surface area contributed by atoms with Crippen molar-refractivity contribution in [3.8, 4) is 0 Å². The molecule has 1 heterocycles. The molecular formula is C20H36S. The van der Waals surface area contributed by atoms with Gasteiger partial charge in [-0.1, -0.05) is 78.6 Å². The summed E-state index contributed by atoms with van der Waals surface area (Å²) in [4.78, 5) is 3.10. The van der Waals surface area contributed by atoms with Gasteiger partial charge in [-0.3, -0.25) is 0 Å². The van der Waals surface area contributed by atoms with E-state index in [1.807, 2.05) is 11.3 Å². The average molecular weight is 309 g/mol. The van der Waals surface area contributed by atoms with Gasteiger partial charge in [-0.25, -0.2) is 0 Å². The molecule has 1 heteroatoms. The lowest BCUT2D eigenvalue weighted by Gasteiger charge is -2.29. The fourth-order valence-electron chi connectivity index (χ4n) is 3.19. The van der Waals surface area contributed by atoms with E-state index in [1.165, 1.54) is 75.5 Å². The predicted octanol–water partition coefficient (Wildman–Crippen LogP) is 7.65. The maximum Gasteiger partial charge on any atom is 0.0107 e. The molecule has 0 aliphatic heterocycles. The number of thiophene rings is 1. The second-order valence-electron chi connectivity index (χ2n) is 6.95. The molecule has 0 saturated carbocycles. The SMILES string of the molecule is CCCCCCCC(C)(CCCCCC)c1ccc(C)s1. The van der Waals surface area contributed by atoms with Gasteiger partial charge in [-0.2, -0.15) is 0 Å². The van der Waals surface area contributed by atoms with Crippen LogP contribution in [-0.4, -0.2) is 0 Å². The van der Waals surface area contributed by atoms with E-state index >= 15 is 0 Å². The van der Waals surface area contributed by atoms with Crippen molar-refractivity contribution in [3.63, 3.8) is 0 Å². The molecule has 0 N–H and O–H groups in total. The molecule has 0 amide bonds. The lowest BCUT2D eigenvalue weighted by Crippen LogP contribution is -2.20. The molecule has 21 heavy (non-hydrogen) atoms. The van der Waals surface area contributed by atoms with E-state index in [4.69, 9.17) is 0 Å². The molecule has 1 unspecified atom stereocenters. The zero-order valence-corrected chi connectivity index (χ0v) is 15.7. The van der Waals surface area contributed by atoms with Crippen LogP contribution in [0.25, 0.3) is 0 Å². The topological polar surface area (TPSA) is 0 Å². The Morgan fingerprint density at radius 3 is 1.81 bits per heavy atom. The van der Waals surface area contributed by atoms with Gasteiger partial charge in [0, 0.05) is 15.2 Å². The molecular weight excluding hydrogens is 272 g/mol. The molecule has 0 radical (unpaired) electrons. The van der Waals surface area contributed by atoms with Crippen LogP contribution in [0.3, 0.4) is 0 Å². The molecule has 1 aromatic rings. The number of hydrogen-bond acceptors (Lipinski definition) is 1. The van der Waals surface area contributed by atoms with E-state index in [9.17, 15) is 0 Å². The van der Waals surface area contributed by atoms with Crippen molar-refractivity contribution in [2.24, 2.45) is 0 Å². The van der Waals surface area contributed by atoms with Crippen molar-refractivity contribution in [1.82, 2.24) is 0 Å². The Balaban J connectivity index is 2.52. The van der Waals surface area contributed by atoms with Gasteiger partial charge in [0.2, 0.25) is 0 Å². The molecule has 1 aromatic heterocycles. The van der Waals surface area contributed by atoms with Crippen molar-refractivity contribution in [3.05, 3.63) is 21.9 Å². The zero-order chi connectivity index (χ0) is 15.6. The fraction of sp³-hybridized carbons (Fsp3) is 0.800. The summed E-state index contributed by atoms with van der Waals surface area (Å²) in [5, 5.41) is 0. The summed E-state index contributed by atoms with van der Waals surface area (Å²) >= 11 is 2.03. The smallest absolute Gasteiger partial charge is 0.0107 e. The fourth-order valence-corrected chi connectivity index (χ4v) is 4.26. The van der Waals surface area contributed by atoms with Crippen LogP contribution >= 0.6 is 11.3 Å². The van der Waals surface area contributed by atoms with Gasteiger partial charge in [-0.15, -0.1) is 11.3 Å². The van der Waals surface area contributed by atoms with Crippen LogP contribution in [0.2, 0.25) is 0 Å². The van der Waals surface area contributed by atoms with E-state index in [2.05, 4.69) is 39.8 Å². The van der Waals surface area contributed by atoms with Crippen molar-refractivity contribution in [2.45, 2.75) is 104 Å². The standard InChI is InChI=1S/C20H36S/c1-5-7-9-11-13-17-20(4,16-12-10-8-6-2)19-15-14-18(3)21-19/h14-15H,5-13,16-17H2,1-4H3. The summed E-state index contributed by atoms with van der Waals surface area (Å²) in [5.41, 5.74) is 0.429. The second-order valence-corrected chi connectivity index (χ2v) is 8.23. The van der Waals surface area contributed by atoms with Crippen LogP contribution < -0.4 is 0 Å². The molecule has 0 saturated heterocycles. The summed E-state index contributed by atoms with van der Waals surface area (Å²) in [6.45, 7) is 9.36. The normalized spacial score (nSPS) is 14.3. The van der Waals surface area contributed by atoms with Gasteiger partial charge in [0.25, 0.3) is 0 Å². The average Bonchev–Trinajstić information content (AvgIpc) is 2.91. The third-order valence-corrected chi connectivity index (χ3v) is 6.06. The van der Waals surface area contributed by atoms with E-state index < -0.39 is 0 Å². The molecule has 0 nitrogen and oxygen atoms in total. The molecule has 0 aliphatic carbocycles. The van der Waals surface area contributed by atoms with Crippen molar-refractivity contribution < 1.29 is 0 Å². The quantitative estimate of drug-likeness (QED) is 0.348. The van der Waals surface area contributed by atoms with Gasteiger partial charge in [0.05, 0.1) is 0 Å². The van der Waals surface area contributed by atoms with Crippen LogP contribution in [0, 0.1) is 6.92 Å². The van der Waals surface area contributed by atoms with Crippen LogP contribution in [0.5, 0.6) is 0 Å². The Hall–Kier alpha value is -0.300. The summed E-state index contributed by atoms with van der Waals surface area (Å²) in [6, 6.07) is 4.70. The molecule has 1 rings (SSSR count). The van der Waals surface area contributed by atoms with Gasteiger partial charge in [0.1, 0.15) is 0 Å². The number of hydrogen-bond donors (Lipinski definition) is 0. The van der Waals surface area contributed by atoms with E-state index in [-0.39, 0.29) is 0 Å². The zero-order valence-electron chi connectivity index (χ0n) is 14.8. The highest BCUT2D eigenvalue weighted by atomic mass is 32.1. The summed E-state index contributed by atoms with van der Waals surface area (Å²) < 4.78 is 0. The van der Waals surface area contributed by atoms with Gasteiger partial charge >= 0.3 is 0 Å². The molecule has 0 aliphatic rings.